The largest absolute Gasteiger partial charge is 0.488 e. The SMILES string of the molecule is Cn1nnn(-c2cccc(Br)c2COc2cc(Cl)ccc2C(F)(F)F)c1=O. The van der Waals surface area contributed by atoms with E-state index in [0.717, 1.165) is 27.6 Å². The predicted octanol–water partition coefficient (Wildman–Crippen LogP) is 3.98. The Labute approximate surface area is 164 Å². The molecule has 0 bridgehead atoms. The van der Waals surface area contributed by atoms with E-state index in [0.29, 0.717) is 15.7 Å². The molecule has 0 amide bonds. The van der Waals surface area contributed by atoms with Crippen molar-refractivity contribution < 1.29 is 17.9 Å². The number of nitrogens with zero attached hydrogens (tertiary/aromatic N) is 4. The maximum Gasteiger partial charge on any atom is 0.419 e. The lowest BCUT2D eigenvalue weighted by atomic mass is 10.1. The molecular formula is C16H11BrClF3N4O2. The Balaban J connectivity index is 2.00. The zero-order valence-corrected chi connectivity index (χ0v) is 16.0. The summed E-state index contributed by atoms with van der Waals surface area (Å²) in [6.45, 7) is -0.261. The second kappa shape index (κ2) is 7.35. The minimum Gasteiger partial charge on any atom is -0.488 e. The van der Waals surface area contributed by atoms with E-state index in [1.165, 1.54) is 7.05 Å². The van der Waals surface area contributed by atoms with E-state index >= 15 is 0 Å². The molecule has 27 heavy (non-hydrogen) atoms. The van der Waals surface area contributed by atoms with Crippen LogP contribution in [-0.2, 0) is 19.8 Å². The van der Waals surface area contributed by atoms with Gasteiger partial charge in [0, 0.05) is 22.1 Å². The molecule has 0 aliphatic carbocycles. The Morgan fingerprint density at radius 1 is 1.22 bits per heavy atom. The third-order valence-electron chi connectivity index (χ3n) is 3.67. The number of aromatic nitrogens is 4. The molecule has 0 aliphatic heterocycles. The van der Waals surface area contributed by atoms with Crippen molar-refractivity contribution >= 4 is 27.5 Å². The van der Waals surface area contributed by atoms with Gasteiger partial charge in [0.15, 0.2) is 0 Å². The van der Waals surface area contributed by atoms with Crippen LogP contribution < -0.4 is 10.4 Å². The molecule has 6 nitrogen and oxygen atoms in total. The van der Waals surface area contributed by atoms with Crippen molar-refractivity contribution in [1.29, 1.82) is 0 Å². The van der Waals surface area contributed by atoms with E-state index < -0.39 is 23.2 Å². The van der Waals surface area contributed by atoms with E-state index in [2.05, 4.69) is 26.4 Å². The van der Waals surface area contributed by atoms with Crippen molar-refractivity contribution in [3.63, 3.8) is 0 Å². The van der Waals surface area contributed by atoms with Crippen LogP contribution in [0.5, 0.6) is 5.75 Å². The number of halogens is 5. The molecular weight excluding hydrogens is 453 g/mol. The van der Waals surface area contributed by atoms with Crippen LogP contribution in [0.3, 0.4) is 0 Å². The van der Waals surface area contributed by atoms with Crippen LogP contribution in [0.2, 0.25) is 5.02 Å². The first-order chi connectivity index (χ1) is 12.7. The normalized spacial score (nSPS) is 11.6. The number of benzene rings is 2. The van der Waals surface area contributed by atoms with Gasteiger partial charge in [0.25, 0.3) is 0 Å². The summed E-state index contributed by atoms with van der Waals surface area (Å²) < 4.78 is 47.6. The minimum absolute atomic E-state index is 0.107. The Morgan fingerprint density at radius 3 is 2.59 bits per heavy atom. The fourth-order valence-electron chi connectivity index (χ4n) is 2.35. The number of hydrogen-bond acceptors (Lipinski definition) is 4. The van der Waals surface area contributed by atoms with E-state index in [1.54, 1.807) is 18.2 Å². The monoisotopic (exact) mass is 462 g/mol. The van der Waals surface area contributed by atoms with Crippen LogP contribution in [0, 0.1) is 0 Å². The molecule has 0 saturated carbocycles. The molecule has 142 valence electrons. The number of aryl methyl sites for hydroxylation is 1. The number of rotatable bonds is 4. The van der Waals surface area contributed by atoms with E-state index in [9.17, 15) is 18.0 Å². The molecule has 0 N–H and O–H groups in total. The zero-order chi connectivity index (χ0) is 19.8. The van der Waals surface area contributed by atoms with Crippen LogP contribution >= 0.6 is 27.5 Å². The average Bonchev–Trinajstić information content (AvgIpc) is 2.91. The fourth-order valence-corrected chi connectivity index (χ4v) is 2.99. The van der Waals surface area contributed by atoms with Gasteiger partial charge in [-0.05, 0) is 40.8 Å². The van der Waals surface area contributed by atoms with Crippen molar-refractivity contribution in [2.45, 2.75) is 12.8 Å². The molecule has 1 aromatic heterocycles. The highest BCUT2D eigenvalue weighted by atomic mass is 79.9. The first-order valence-electron chi connectivity index (χ1n) is 7.45. The number of alkyl halides is 3. The molecule has 0 atom stereocenters. The first kappa shape index (κ1) is 19.4. The van der Waals surface area contributed by atoms with Gasteiger partial charge in [-0.3, -0.25) is 0 Å². The molecule has 3 aromatic rings. The topological polar surface area (TPSA) is 61.9 Å². The second-order valence-electron chi connectivity index (χ2n) is 5.46. The fraction of sp³-hybridized carbons (Fsp3) is 0.188. The molecule has 0 saturated heterocycles. The lowest BCUT2D eigenvalue weighted by Crippen LogP contribution is -2.23. The van der Waals surface area contributed by atoms with Crippen LogP contribution in [0.25, 0.3) is 5.69 Å². The van der Waals surface area contributed by atoms with Crippen molar-refractivity contribution in [3.8, 4) is 11.4 Å². The van der Waals surface area contributed by atoms with Crippen LogP contribution in [0.4, 0.5) is 13.2 Å². The highest BCUT2D eigenvalue weighted by molar-refractivity contribution is 9.10. The lowest BCUT2D eigenvalue weighted by Gasteiger charge is -2.16. The van der Waals surface area contributed by atoms with Crippen LogP contribution in [0.15, 0.2) is 45.7 Å². The van der Waals surface area contributed by atoms with Gasteiger partial charge in [-0.2, -0.15) is 22.5 Å². The molecule has 11 heteroatoms. The summed E-state index contributed by atoms with van der Waals surface area (Å²) in [5.74, 6) is -0.414. The van der Waals surface area contributed by atoms with Gasteiger partial charge in [0.2, 0.25) is 0 Å². The Bertz CT molecular complexity index is 1050. The molecule has 0 unspecified atom stereocenters. The molecule has 0 spiro atoms. The Kier molecular flexibility index (Phi) is 5.29. The summed E-state index contributed by atoms with van der Waals surface area (Å²) in [5, 5.41) is 7.49. The smallest absolute Gasteiger partial charge is 0.419 e. The third kappa shape index (κ3) is 4.01. The highest BCUT2D eigenvalue weighted by Crippen LogP contribution is 2.38. The summed E-state index contributed by atoms with van der Waals surface area (Å²) in [4.78, 5) is 12.1. The molecule has 2 aromatic carbocycles. The standard InChI is InChI=1S/C16H11BrClF3N4O2/c1-24-15(26)25(23-22-24)13-4-2-3-12(17)10(13)8-27-14-7-9(18)5-6-11(14)16(19,20)21/h2-7H,8H2,1H3. The number of ether oxygens (including phenoxy) is 1. The quantitative estimate of drug-likeness (QED) is 0.587. The molecule has 0 fully saturated rings. The van der Waals surface area contributed by atoms with Gasteiger partial charge in [0.1, 0.15) is 12.4 Å². The molecule has 3 rings (SSSR count). The van der Waals surface area contributed by atoms with Gasteiger partial charge < -0.3 is 4.74 Å². The minimum atomic E-state index is -4.60. The van der Waals surface area contributed by atoms with Gasteiger partial charge >= 0.3 is 11.9 Å². The third-order valence-corrected chi connectivity index (χ3v) is 4.64. The van der Waals surface area contributed by atoms with Gasteiger partial charge in [-0.1, -0.05) is 33.6 Å². The highest BCUT2D eigenvalue weighted by Gasteiger charge is 2.34. The molecule has 0 aliphatic rings. The van der Waals surface area contributed by atoms with Gasteiger partial charge in [0.05, 0.1) is 11.3 Å². The van der Waals surface area contributed by atoms with Crippen molar-refractivity contribution in [2.75, 3.05) is 0 Å². The molecule has 0 radical (unpaired) electrons. The van der Waals surface area contributed by atoms with E-state index in [-0.39, 0.29) is 11.6 Å². The van der Waals surface area contributed by atoms with Crippen LogP contribution in [-0.4, -0.2) is 19.8 Å². The summed E-state index contributed by atoms with van der Waals surface area (Å²) in [6.07, 6.45) is -4.60. The molecule has 1 heterocycles. The summed E-state index contributed by atoms with van der Waals surface area (Å²) in [5.41, 5.74) is -0.698. The lowest BCUT2D eigenvalue weighted by molar-refractivity contribution is -0.139. The van der Waals surface area contributed by atoms with Crippen LogP contribution in [0.1, 0.15) is 11.1 Å². The number of tetrazole rings is 1. The summed E-state index contributed by atoms with van der Waals surface area (Å²) in [6, 6.07) is 8.00. The average molecular weight is 464 g/mol. The first-order valence-corrected chi connectivity index (χ1v) is 8.62. The summed E-state index contributed by atoms with van der Waals surface area (Å²) >= 11 is 9.13. The van der Waals surface area contributed by atoms with Crippen molar-refractivity contribution in [2.24, 2.45) is 7.05 Å². The van der Waals surface area contributed by atoms with Gasteiger partial charge in [-0.15, -0.1) is 0 Å². The Hall–Kier alpha value is -2.33. The van der Waals surface area contributed by atoms with Gasteiger partial charge in [-0.25, -0.2) is 4.79 Å². The second-order valence-corrected chi connectivity index (χ2v) is 6.75. The Morgan fingerprint density at radius 2 is 1.96 bits per heavy atom. The van der Waals surface area contributed by atoms with Crippen molar-refractivity contribution in [1.82, 2.24) is 19.8 Å². The predicted molar refractivity (Wildman–Crippen MR) is 95.1 cm³/mol. The van der Waals surface area contributed by atoms with Crippen molar-refractivity contribution in [3.05, 3.63) is 67.5 Å². The van der Waals surface area contributed by atoms with E-state index in [1.807, 2.05) is 0 Å². The van der Waals surface area contributed by atoms with E-state index in [4.69, 9.17) is 16.3 Å². The maximum atomic E-state index is 13.2. The summed E-state index contributed by atoms with van der Waals surface area (Å²) in [7, 11) is 1.43. The maximum absolute atomic E-state index is 13.2. The zero-order valence-electron chi connectivity index (χ0n) is 13.7. The number of hydrogen-bond donors (Lipinski definition) is 0.